The van der Waals surface area contributed by atoms with Crippen LogP contribution in [0.5, 0.6) is 0 Å². The average Bonchev–Trinajstić information content (AvgIpc) is 2.37. The van der Waals surface area contributed by atoms with E-state index in [-0.39, 0.29) is 11.6 Å². The maximum absolute atomic E-state index is 13.7. The van der Waals surface area contributed by atoms with E-state index in [1.165, 1.54) is 17.0 Å². The molecule has 0 bridgehead atoms. The fourth-order valence-electron chi connectivity index (χ4n) is 1.75. The van der Waals surface area contributed by atoms with Gasteiger partial charge in [-0.1, -0.05) is 18.6 Å². The van der Waals surface area contributed by atoms with Gasteiger partial charge in [0.25, 0.3) is 5.91 Å². The zero-order valence-corrected chi connectivity index (χ0v) is 11.3. The van der Waals surface area contributed by atoms with Crippen molar-refractivity contribution in [1.29, 1.82) is 0 Å². The fourth-order valence-corrected chi connectivity index (χ4v) is 1.75. The van der Waals surface area contributed by atoms with Crippen molar-refractivity contribution < 1.29 is 19.1 Å². The maximum Gasteiger partial charge on any atom is 0.323 e. The van der Waals surface area contributed by atoms with Crippen molar-refractivity contribution in [1.82, 2.24) is 4.90 Å². The summed E-state index contributed by atoms with van der Waals surface area (Å²) in [7, 11) is 0. The lowest BCUT2D eigenvalue weighted by molar-refractivity contribution is -0.138. The largest absolute Gasteiger partial charge is 0.480 e. The zero-order chi connectivity index (χ0) is 14.6. The number of hydrogen-bond donors (Lipinski definition) is 1. The van der Waals surface area contributed by atoms with E-state index in [9.17, 15) is 14.0 Å². The van der Waals surface area contributed by atoms with Gasteiger partial charge in [0.1, 0.15) is 12.4 Å². The molecule has 0 heterocycles. The molecule has 19 heavy (non-hydrogen) atoms. The summed E-state index contributed by atoms with van der Waals surface area (Å²) < 4.78 is 13.7. The van der Waals surface area contributed by atoms with Gasteiger partial charge in [-0.15, -0.1) is 0 Å². The first-order chi connectivity index (χ1) is 8.86. The Morgan fingerprint density at radius 2 is 2.05 bits per heavy atom. The quantitative estimate of drug-likeness (QED) is 0.891. The van der Waals surface area contributed by atoms with E-state index in [2.05, 4.69) is 0 Å². The molecule has 1 N–H and O–H groups in total. The Hall–Kier alpha value is -1.91. The molecule has 0 fully saturated rings. The van der Waals surface area contributed by atoms with Gasteiger partial charge in [0.05, 0.1) is 5.56 Å². The third-order valence-corrected chi connectivity index (χ3v) is 3.04. The molecule has 0 radical (unpaired) electrons. The van der Waals surface area contributed by atoms with Crippen molar-refractivity contribution in [3.63, 3.8) is 0 Å². The highest BCUT2D eigenvalue weighted by Crippen LogP contribution is 2.15. The van der Waals surface area contributed by atoms with Crippen LogP contribution < -0.4 is 0 Å². The van der Waals surface area contributed by atoms with E-state index in [1.54, 1.807) is 19.9 Å². The molecule has 0 spiro atoms. The second-order valence-electron chi connectivity index (χ2n) is 4.57. The van der Waals surface area contributed by atoms with E-state index in [1.807, 2.05) is 6.92 Å². The second kappa shape index (κ2) is 6.31. The molecule has 1 unspecified atom stereocenters. The van der Waals surface area contributed by atoms with E-state index >= 15 is 0 Å². The van der Waals surface area contributed by atoms with Gasteiger partial charge in [-0.05, 0) is 32.4 Å². The number of rotatable bonds is 5. The molecular formula is C14H18FNO3. The van der Waals surface area contributed by atoms with Gasteiger partial charge in [-0.3, -0.25) is 9.59 Å². The lowest BCUT2D eigenvalue weighted by atomic mass is 10.1. The van der Waals surface area contributed by atoms with Gasteiger partial charge in [0.15, 0.2) is 0 Å². The van der Waals surface area contributed by atoms with Gasteiger partial charge >= 0.3 is 5.97 Å². The first kappa shape index (κ1) is 15.1. The molecular weight excluding hydrogens is 249 g/mol. The third kappa shape index (κ3) is 3.77. The average molecular weight is 267 g/mol. The Labute approximate surface area is 111 Å². The highest BCUT2D eigenvalue weighted by atomic mass is 19.1. The highest BCUT2D eigenvalue weighted by molar-refractivity contribution is 5.96. The first-order valence-electron chi connectivity index (χ1n) is 6.15. The van der Waals surface area contributed by atoms with E-state index in [4.69, 9.17) is 5.11 Å². The molecule has 1 aromatic rings. The normalized spacial score (nSPS) is 12.0. The summed E-state index contributed by atoms with van der Waals surface area (Å²) in [5, 5.41) is 8.86. The van der Waals surface area contributed by atoms with Crippen molar-refractivity contribution in [2.45, 2.75) is 33.2 Å². The molecule has 0 aliphatic carbocycles. The molecule has 0 aromatic heterocycles. The summed E-state index contributed by atoms with van der Waals surface area (Å²) in [6.07, 6.45) is 0.604. The van der Waals surface area contributed by atoms with Crippen LogP contribution >= 0.6 is 0 Å². The SMILES string of the molecule is CCC(C)N(CC(=O)O)C(=O)c1cc(C)ccc1F. The Balaban J connectivity index is 3.11. The van der Waals surface area contributed by atoms with Gasteiger partial charge < -0.3 is 10.0 Å². The molecule has 104 valence electrons. The fraction of sp³-hybridized carbons (Fsp3) is 0.429. The van der Waals surface area contributed by atoms with Crippen molar-refractivity contribution >= 4 is 11.9 Å². The van der Waals surface area contributed by atoms with Crippen LogP contribution in [0.3, 0.4) is 0 Å². The second-order valence-corrected chi connectivity index (χ2v) is 4.57. The smallest absolute Gasteiger partial charge is 0.323 e. The minimum Gasteiger partial charge on any atom is -0.480 e. The number of carboxylic acids is 1. The van der Waals surface area contributed by atoms with Crippen LogP contribution in [-0.2, 0) is 4.79 Å². The van der Waals surface area contributed by atoms with E-state index in [0.717, 1.165) is 5.56 Å². The molecule has 0 aliphatic rings. The number of aliphatic carboxylic acids is 1. The Bertz CT molecular complexity index is 488. The van der Waals surface area contributed by atoms with Crippen molar-refractivity contribution in [2.24, 2.45) is 0 Å². The predicted molar refractivity (Wildman–Crippen MR) is 69.6 cm³/mol. The third-order valence-electron chi connectivity index (χ3n) is 3.04. The number of carbonyl (C=O) groups is 2. The van der Waals surface area contributed by atoms with Crippen LogP contribution in [0.4, 0.5) is 4.39 Å². The highest BCUT2D eigenvalue weighted by Gasteiger charge is 2.25. The lowest BCUT2D eigenvalue weighted by Crippen LogP contribution is -2.42. The van der Waals surface area contributed by atoms with Crippen molar-refractivity contribution in [3.8, 4) is 0 Å². The van der Waals surface area contributed by atoms with Crippen LogP contribution in [0.1, 0.15) is 36.2 Å². The number of aryl methyl sites for hydroxylation is 1. The number of halogens is 1. The lowest BCUT2D eigenvalue weighted by Gasteiger charge is -2.27. The standard InChI is InChI=1S/C14H18FNO3/c1-4-10(3)16(8-13(17)18)14(19)11-7-9(2)5-6-12(11)15/h5-7,10H,4,8H2,1-3H3,(H,17,18). The van der Waals surface area contributed by atoms with Crippen LogP contribution in [0.2, 0.25) is 0 Å². The number of carbonyl (C=O) groups excluding carboxylic acids is 1. The Morgan fingerprint density at radius 3 is 2.58 bits per heavy atom. The maximum atomic E-state index is 13.7. The van der Waals surface area contributed by atoms with E-state index in [0.29, 0.717) is 6.42 Å². The summed E-state index contributed by atoms with van der Waals surface area (Å²) in [4.78, 5) is 24.3. The van der Waals surface area contributed by atoms with Crippen LogP contribution in [0.15, 0.2) is 18.2 Å². The molecule has 0 saturated carbocycles. The molecule has 0 aliphatic heterocycles. The minimum atomic E-state index is -1.11. The summed E-state index contributed by atoms with van der Waals surface area (Å²) >= 11 is 0. The molecule has 1 aromatic carbocycles. The molecule has 5 heteroatoms. The molecule has 1 atom stereocenters. The number of nitrogens with zero attached hydrogens (tertiary/aromatic N) is 1. The molecule has 1 rings (SSSR count). The zero-order valence-electron chi connectivity index (χ0n) is 11.3. The number of amides is 1. The topological polar surface area (TPSA) is 57.6 Å². The molecule has 4 nitrogen and oxygen atoms in total. The Morgan fingerprint density at radius 1 is 1.42 bits per heavy atom. The van der Waals surface area contributed by atoms with Crippen molar-refractivity contribution in [2.75, 3.05) is 6.54 Å². The summed E-state index contributed by atoms with van der Waals surface area (Å²) in [6, 6.07) is 3.97. The predicted octanol–water partition coefficient (Wildman–Crippen LogP) is 2.46. The van der Waals surface area contributed by atoms with Gasteiger partial charge in [-0.2, -0.15) is 0 Å². The van der Waals surface area contributed by atoms with Crippen LogP contribution in [0.25, 0.3) is 0 Å². The molecule has 1 amide bonds. The first-order valence-corrected chi connectivity index (χ1v) is 6.15. The molecule has 0 saturated heterocycles. The number of benzene rings is 1. The van der Waals surface area contributed by atoms with Gasteiger partial charge in [0.2, 0.25) is 0 Å². The summed E-state index contributed by atoms with van der Waals surface area (Å²) in [5.41, 5.74) is 0.672. The van der Waals surface area contributed by atoms with Gasteiger partial charge in [-0.25, -0.2) is 4.39 Å². The van der Waals surface area contributed by atoms with E-state index < -0.39 is 24.2 Å². The summed E-state index contributed by atoms with van der Waals surface area (Å²) in [6.45, 7) is 4.91. The van der Waals surface area contributed by atoms with Crippen molar-refractivity contribution in [3.05, 3.63) is 35.1 Å². The minimum absolute atomic E-state index is 0.0819. The van der Waals surface area contributed by atoms with Crippen LogP contribution in [-0.4, -0.2) is 34.5 Å². The number of hydrogen-bond acceptors (Lipinski definition) is 2. The Kier molecular flexibility index (Phi) is 5.03. The monoisotopic (exact) mass is 267 g/mol. The van der Waals surface area contributed by atoms with Crippen LogP contribution in [0, 0.1) is 12.7 Å². The summed E-state index contributed by atoms with van der Waals surface area (Å²) in [5.74, 6) is -2.33. The number of carboxylic acid groups (broad SMARTS) is 1. The van der Waals surface area contributed by atoms with Gasteiger partial charge in [0, 0.05) is 6.04 Å².